The van der Waals surface area contributed by atoms with E-state index in [1.807, 2.05) is 24.0 Å². The van der Waals surface area contributed by atoms with Crippen LogP contribution in [0.1, 0.15) is 24.8 Å². The van der Waals surface area contributed by atoms with E-state index >= 15 is 0 Å². The monoisotopic (exact) mass is 288 g/mol. The van der Waals surface area contributed by atoms with Crippen molar-refractivity contribution in [1.29, 1.82) is 0 Å². The maximum Gasteiger partial charge on any atom is 0.159 e. The highest BCUT2D eigenvalue weighted by molar-refractivity contribution is 7.93. The van der Waals surface area contributed by atoms with Crippen LogP contribution in [-0.2, 0) is 16.9 Å². The molecule has 2 aliphatic heterocycles. The van der Waals surface area contributed by atoms with Crippen LogP contribution in [0, 0.1) is 0 Å². The van der Waals surface area contributed by atoms with Crippen molar-refractivity contribution in [2.24, 2.45) is 7.05 Å². The zero-order chi connectivity index (χ0) is 13.9. The van der Waals surface area contributed by atoms with Crippen molar-refractivity contribution < 1.29 is 8.42 Å². The molecule has 1 saturated heterocycles. The molecule has 0 saturated carbocycles. The lowest BCUT2D eigenvalue weighted by Gasteiger charge is -2.20. The summed E-state index contributed by atoms with van der Waals surface area (Å²) in [6.45, 7) is 0. The van der Waals surface area contributed by atoms with E-state index in [9.17, 15) is 8.42 Å². The molecule has 2 atom stereocenters. The van der Waals surface area contributed by atoms with E-state index in [2.05, 4.69) is 23.3 Å². The number of fused-ring (bicyclic) bond motifs is 3. The van der Waals surface area contributed by atoms with E-state index in [0.717, 1.165) is 29.3 Å². The minimum absolute atomic E-state index is 0.172. The van der Waals surface area contributed by atoms with Gasteiger partial charge in [-0.15, -0.1) is 0 Å². The van der Waals surface area contributed by atoms with E-state index in [-0.39, 0.29) is 10.5 Å². The number of aryl methyl sites for hydroxylation is 1. The summed E-state index contributed by atoms with van der Waals surface area (Å²) in [4.78, 5) is 0. The Morgan fingerprint density at radius 2 is 2.15 bits per heavy atom. The van der Waals surface area contributed by atoms with Crippen LogP contribution in [0.5, 0.6) is 0 Å². The highest BCUT2D eigenvalue weighted by Crippen LogP contribution is 2.41. The number of rotatable bonds is 1. The molecule has 2 bridgehead atoms. The number of benzene rings is 1. The summed E-state index contributed by atoms with van der Waals surface area (Å²) in [6, 6.07) is 6.25. The van der Waals surface area contributed by atoms with Gasteiger partial charge in [-0.2, -0.15) is 5.10 Å². The number of hydrogen-bond donors (Lipinski definition) is 0. The zero-order valence-corrected chi connectivity index (χ0v) is 12.1. The second-order valence-electron chi connectivity index (χ2n) is 5.76. The number of aromatic nitrogens is 2. The molecule has 3 heterocycles. The van der Waals surface area contributed by atoms with Gasteiger partial charge in [-0.1, -0.05) is 18.2 Å². The van der Waals surface area contributed by atoms with Gasteiger partial charge in [0.25, 0.3) is 0 Å². The van der Waals surface area contributed by atoms with E-state index in [1.54, 1.807) is 0 Å². The summed E-state index contributed by atoms with van der Waals surface area (Å²) in [5.74, 6) is 0. The fourth-order valence-electron chi connectivity index (χ4n) is 3.42. The maximum atomic E-state index is 12.1. The zero-order valence-electron chi connectivity index (χ0n) is 11.3. The molecule has 4 rings (SSSR count). The van der Waals surface area contributed by atoms with E-state index in [1.165, 1.54) is 5.57 Å². The smallest absolute Gasteiger partial charge is 0.159 e. The summed E-state index contributed by atoms with van der Waals surface area (Å²) in [5, 5.41) is 4.93. The van der Waals surface area contributed by atoms with Crippen LogP contribution in [0.4, 0.5) is 0 Å². The Morgan fingerprint density at radius 1 is 1.30 bits per heavy atom. The fraction of sp³-hybridized carbons (Fsp3) is 0.400. The van der Waals surface area contributed by atoms with Crippen molar-refractivity contribution in [3.8, 4) is 0 Å². The normalized spacial score (nSPS) is 27.8. The lowest BCUT2D eigenvalue weighted by Crippen LogP contribution is -2.26. The van der Waals surface area contributed by atoms with Crippen LogP contribution >= 0.6 is 0 Å². The lowest BCUT2D eigenvalue weighted by molar-refractivity contribution is 0.585. The standard InChI is InChI=1S/C15H16N2O2S/c1-17-15-8-10(2-3-11(15)9-16-17)12-6-13-4-5-14(7-12)20(13,18)19/h2-3,6,8-9,13-14H,4-5,7H2,1H3. The van der Waals surface area contributed by atoms with Gasteiger partial charge in [0, 0.05) is 12.4 Å². The SMILES string of the molecule is Cn1ncc2ccc(C3=CC4CCC(C3)S4(=O)=O)cc21. The summed E-state index contributed by atoms with van der Waals surface area (Å²) in [6.07, 6.45) is 6.06. The Hall–Kier alpha value is -1.62. The number of sulfone groups is 1. The van der Waals surface area contributed by atoms with Crippen molar-refractivity contribution in [1.82, 2.24) is 9.78 Å². The molecule has 0 radical (unpaired) electrons. The summed E-state index contributed by atoms with van der Waals surface area (Å²) in [7, 11) is -0.978. The van der Waals surface area contributed by atoms with Crippen LogP contribution in [0.25, 0.3) is 16.5 Å². The van der Waals surface area contributed by atoms with Crippen molar-refractivity contribution in [3.05, 3.63) is 36.0 Å². The number of allylic oxidation sites excluding steroid dienone is 1. The van der Waals surface area contributed by atoms with Crippen molar-refractivity contribution in [2.75, 3.05) is 0 Å². The van der Waals surface area contributed by atoms with Crippen LogP contribution in [0.15, 0.2) is 30.5 Å². The van der Waals surface area contributed by atoms with Crippen molar-refractivity contribution >= 4 is 26.3 Å². The molecule has 2 unspecified atom stereocenters. The fourth-order valence-corrected chi connectivity index (χ4v) is 5.61. The molecule has 2 aromatic rings. The number of nitrogens with zero attached hydrogens (tertiary/aromatic N) is 2. The summed E-state index contributed by atoms with van der Waals surface area (Å²) in [5.41, 5.74) is 3.40. The molecule has 0 spiro atoms. The van der Waals surface area contributed by atoms with E-state index in [4.69, 9.17) is 0 Å². The minimum atomic E-state index is -2.90. The first-order valence-electron chi connectivity index (χ1n) is 6.91. The van der Waals surface area contributed by atoms with Gasteiger partial charge in [0.2, 0.25) is 0 Å². The predicted octanol–water partition coefficient (Wildman–Crippen LogP) is 2.31. The van der Waals surface area contributed by atoms with Gasteiger partial charge in [0.15, 0.2) is 9.84 Å². The van der Waals surface area contributed by atoms with Crippen LogP contribution in [0.2, 0.25) is 0 Å². The van der Waals surface area contributed by atoms with Crippen LogP contribution < -0.4 is 0 Å². The highest BCUT2D eigenvalue weighted by atomic mass is 32.2. The molecule has 0 aliphatic carbocycles. The van der Waals surface area contributed by atoms with Crippen molar-refractivity contribution in [3.63, 3.8) is 0 Å². The Morgan fingerprint density at radius 3 is 2.95 bits per heavy atom. The summed E-state index contributed by atoms with van der Waals surface area (Å²) < 4.78 is 26.1. The van der Waals surface area contributed by atoms with Gasteiger partial charge in [0.1, 0.15) is 0 Å². The Labute approximate surface area is 118 Å². The maximum absolute atomic E-state index is 12.1. The molecule has 1 fully saturated rings. The third-order valence-electron chi connectivity index (χ3n) is 4.61. The molecule has 0 N–H and O–H groups in total. The first-order chi connectivity index (χ1) is 9.55. The van der Waals surface area contributed by atoms with Crippen LogP contribution in [0.3, 0.4) is 0 Å². The molecule has 104 valence electrons. The van der Waals surface area contributed by atoms with Gasteiger partial charge < -0.3 is 0 Å². The molecule has 0 amide bonds. The largest absolute Gasteiger partial charge is 0.268 e. The third kappa shape index (κ3) is 1.59. The summed E-state index contributed by atoms with van der Waals surface area (Å²) >= 11 is 0. The minimum Gasteiger partial charge on any atom is -0.268 e. The topological polar surface area (TPSA) is 52.0 Å². The van der Waals surface area contributed by atoms with E-state index in [0.29, 0.717) is 6.42 Å². The molecular formula is C15H16N2O2S. The second kappa shape index (κ2) is 3.95. The van der Waals surface area contributed by atoms with Gasteiger partial charge in [-0.3, -0.25) is 4.68 Å². The number of hydrogen-bond acceptors (Lipinski definition) is 3. The first-order valence-corrected chi connectivity index (χ1v) is 8.52. The molecule has 20 heavy (non-hydrogen) atoms. The average Bonchev–Trinajstić information content (AvgIpc) is 2.82. The van der Waals surface area contributed by atoms with Gasteiger partial charge in [-0.05, 0) is 36.5 Å². The van der Waals surface area contributed by atoms with Crippen molar-refractivity contribution in [2.45, 2.75) is 29.8 Å². The predicted molar refractivity (Wildman–Crippen MR) is 79.0 cm³/mol. The molecule has 1 aromatic carbocycles. The lowest BCUT2D eigenvalue weighted by atomic mass is 10.00. The molecule has 5 heteroatoms. The molecule has 2 aliphatic rings. The average molecular weight is 288 g/mol. The van der Waals surface area contributed by atoms with Gasteiger partial charge in [0.05, 0.1) is 22.2 Å². The molecular weight excluding hydrogens is 272 g/mol. The Kier molecular flexibility index (Phi) is 2.40. The quantitative estimate of drug-likeness (QED) is 0.809. The third-order valence-corrected chi connectivity index (χ3v) is 7.16. The molecule has 4 nitrogen and oxygen atoms in total. The molecule has 1 aromatic heterocycles. The second-order valence-corrected chi connectivity index (χ2v) is 8.21. The van der Waals surface area contributed by atoms with Gasteiger partial charge >= 0.3 is 0 Å². The highest BCUT2D eigenvalue weighted by Gasteiger charge is 2.43. The Bertz CT molecular complexity index is 833. The Balaban J connectivity index is 1.82. The van der Waals surface area contributed by atoms with Gasteiger partial charge in [-0.25, -0.2) is 8.42 Å². The first kappa shape index (κ1) is 12.1. The van der Waals surface area contributed by atoms with E-state index < -0.39 is 9.84 Å². The van der Waals surface area contributed by atoms with Crippen LogP contribution in [-0.4, -0.2) is 28.7 Å².